The van der Waals surface area contributed by atoms with E-state index in [4.69, 9.17) is 4.74 Å². The van der Waals surface area contributed by atoms with Crippen LogP contribution in [0, 0.1) is 5.82 Å². The van der Waals surface area contributed by atoms with E-state index in [0.29, 0.717) is 16.3 Å². The minimum Gasteiger partial charge on any atom is -0.497 e. The van der Waals surface area contributed by atoms with Crippen molar-refractivity contribution in [2.75, 3.05) is 26.0 Å². The van der Waals surface area contributed by atoms with Gasteiger partial charge in [-0.25, -0.2) is 4.39 Å². The maximum atomic E-state index is 13.1. The molecule has 1 aromatic heterocycles. The van der Waals surface area contributed by atoms with Crippen LogP contribution in [-0.2, 0) is 4.79 Å². The molecule has 7 heteroatoms. The number of ether oxygens (including phenoxy) is 1. The van der Waals surface area contributed by atoms with Crippen molar-refractivity contribution in [3.63, 3.8) is 0 Å². The van der Waals surface area contributed by atoms with Crippen LogP contribution in [0.5, 0.6) is 5.75 Å². The first-order valence-corrected chi connectivity index (χ1v) is 9.33. The molecule has 0 aliphatic rings. The normalized spacial score (nSPS) is 10.4. The van der Waals surface area contributed by atoms with Crippen molar-refractivity contribution < 1.29 is 18.7 Å². The summed E-state index contributed by atoms with van der Waals surface area (Å²) < 4.78 is 18.1. The van der Waals surface area contributed by atoms with Gasteiger partial charge in [-0.2, -0.15) is 0 Å². The molecule has 2 amide bonds. The van der Waals surface area contributed by atoms with Gasteiger partial charge in [0.2, 0.25) is 5.91 Å². The fraction of sp³-hybridized carbons (Fsp3) is 0.143. The first-order valence-electron chi connectivity index (χ1n) is 8.51. The van der Waals surface area contributed by atoms with Crippen molar-refractivity contribution in [3.8, 4) is 16.2 Å². The number of nitrogens with one attached hydrogen (secondary N) is 1. The predicted molar refractivity (Wildman–Crippen MR) is 108 cm³/mol. The molecule has 0 saturated heterocycles. The molecule has 0 aliphatic carbocycles. The largest absolute Gasteiger partial charge is 0.497 e. The smallest absolute Gasteiger partial charge is 0.264 e. The molecule has 0 saturated carbocycles. The van der Waals surface area contributed by atoms with Gasteiger partial charge in [0.05, 0.1) is 18.5 Å². The topological polar surface area (TPSA) is 58.6 Å². The van der Waals surface area contributed by atoms with Gasteiger partial charge in [-0.05, 0) is 54.1 Å². The Kier molecular flexibility index (Phi) is 6.06. The lowest BCUT2D eigenvalue weighted by molar-refractivity contribution is -0.116. The van der Waals surface area contributed by atoms with Gasteiger partial charge in [0.1, 0.15) is 11.6 Å². The molecule has 0 aliphatic heterocycles. The van der Waals surface area contributed by atoms with Crippen molar-refractivity contribution in [2.24, 2.45) is 0 Å². The summed E-state index contributed by atoms with van der Waals surface area (Å²) in [5, 5.41) is 2.75. The molecule has 1 heterocycles. The molecular weight excluding hydrogens is 379 g/mol. The minimum atomic E-state index is -0.306. The lowest BCUT2D eigenvalue weighted by Gasteiger charge is -2.16. The van der Waals surface area contributed by atoms with E-state index >= 15 is 0 Å². The number of likely N-dealkylation sites (N-methyl/N-ethyl adjacent to an activating group) is 1. The Morgan fingerprint density at radius 1 is 1.04 bits per heavy atom. The number of carbonyl (C=O) groups excluding carboxylic acids is 2. The number of anilines is 1. The van der Waals surface area contributed by atoms with Gasteiger partial charge in [-0.15, -0.1) is 11.3 Å². The molecule has 3 rings (SSSR count). The number of nitrogens with zero attached hydrogens (tertiary/aromatic N) is 1. The van der Waals surface area contributed by atoms with Crippen molar-refractivity contribution in [3.05, 3.63) is 71.4 Å². The number of amides is 2. The summed E-state index contributed by atoms with van der Waals surface area (Å²) in [7, 11) is 3.15. The Labute approximate surface area is 166 Å². The highest BCUT2D eigenvalue weighted by molar-refractivity contribution is 7.17. The number of carbonyl (C=O) groups is 2. The molecule has 0 atom stereocenters. The van der Waals surface area contributed by atoms with Gasteiger partial charge in [-0.3, -0.25) is 9.59 Å². The summed E-state index contributed by atoms with van der Waals surface area (Å²) in [5.74, 6) is -0.154. The zero-order valence-electron chi connectivity index (χ0n) is 15.4. The first kappa shape index (κ1) is 19.6. The number of benzene rings is 2. The number of hydrogen-bond acceptors (Lipinski definition) is 4. The lowest BCUT2D eigenvalue weighted by atomic mass is 10.2. The van der Waals surface area contributed by atoms with Crippen molar-refractivity contribution in [1.82, 2.24) is 4.90 Å². The van der Waals surface area contributed by atoms with Gasteiger partial charge >= 0.3 is 0 Å². The molecule has 0 unspecified atom stereocenters. The Bertz CT molecular complexity index is 968. The molecule has 0 spiro atoms. The van der Waals surface area contributed by atoms with E-state index in [9.17, 15) is 14.0 Å². The summed E-state index contributed by atoms with van der Waals surface area (Å²) in [6.07, 6.45) is 0. The zero-order chi connectivity index (χ0) is 20.1. The summed E-state index contributed by atoms with van der Waals surface area (Å²) in [4.78, 5) is 27.5. The number of methoxy groups -OCH3 is 1. The van der Waals surface area contributed by atoms with Gasteiger partial charge in [0.15, 0.2) is 0 Å². The van der Waals surface area contributed by atoms with E-state index in [2.05, 4.69) is 5.32 Å². The van der Waals surface area contributed by atoms with Crippen LogP contribution in [0.3, 0.4) is 0 Å². The SMILES string of the molecule is COc1ccc(NC(=O)CN(C)C(=O)c2ccc(-c3ccc(F)cc3)s2)cc1. The average molecular weight is 398 g/mol. The highest BCUT2D eigenvalue weighted by Crippen LogP contribution is 2.28. The summed E-state index contributed by atoms with van der Waals surface area (Å²) in [5.41, 5.74) is 1.46. The molecule has 28 heavy (non-hydrogen) atoms. The molecule has 5 nitrogen and oxygen atoms in total. The van der Waals surface area contributed by atoms with Crippen LogP contribution in [-0.4, -0.2) is 37.4 Å². The van der Waals surface area contributed by atoms with E-state index in [1.807, 2.05) is 6.07 Å². The van der Waals surface area contributed by atoms with Crippen molar-refractivity contribution >= 4 is 28.8 Å². The number of thiophene rings is 1. The van der Waals surface area contributed by atoms with Crippen LogP contribution in [0.2, 0.25) is 0 Å². The third kappa shape index (κ3) is 4.75. The van der Waals surface area contributed by atoms with Gasteiger partial charge < -0.3 is 15.0 Å². The third-order valence-corrected chi connectivity index (χ3v) is 5.17. The Morgan fingerprint density at radius 2 is 1.71 bits per heavy atom. The maximum absolute atomic E-state index is 13.1. The van der Waals surface area contributed by atoms with Crippen LogP contribution >= 0.6 is 11.3 Å². The molecule has 2 aromatic carbocycles. The van der Waals surface area contributed by atoms with Gasteiger partial charge in [0, 0.05) is 17.6 Å². The molecule has 1 N–H and O–H groups in total. The predicted octanol–water partition coefficient (Wildman–Crippen LogP) is 4.27. The standard InChI is InChI=1S/C21H19FN2O3S/c1-24(13-20(25)23-16-7-9-17(27-2)10-8-16)21(26)19-12-11-18(28-19)14-3-5-15(22)6-4-14/h3-12H,13H2,1-2H3,(H,23,25). The second kappa shape index (κ2) is 8.67. The van der Waals surface area contributed by atoms with E-state index < -0.39 is 0 Å². The third-order valence-electron chi connectivity index (χ3n) is 4.05. The second-order valence-corrected chi connectivity index (χ2v) is 7.19. The van der Waals surface area contributed by atoms with E-state index in [1.54, 1.807) is 56.6 Å². The molecule has 0 bridgehead atoms. The molecule has 3 aromatic rings. The minimum absolute atomic E-state index is 0.0748. The Morgan fingerprint density at radius 3 is 2.36 bits per heavy atom. The van der Waals surface area contributed by atoms with Crippen LogP contribution < -0.4 is 10.1 Å². The first-order chi connectivity index (χ1) is 13.5. The summed E-state index contributed by atoms with van der Waals surface area (Å²) in [6.45, 7) is -0.0748. The monoisotopic (exact) mass is 398 g/mol. The Balaban J connectivity index is 1.60. The number of rotatable bonds is 6. The van der Waals surface area contributed by atoms with Gasteiger partial charge in [-0.1, -0.05) is 12.1 Å². The highest BCUT2D eigenvalue weighted by atomic mass is 32.1. The second-order valence-electron chi connectivity index (χ2n) is 6.11. The average Bonchev–Trinajstić information content (AvgIpc) is 3.18. The number of hydrogen-bond donors (Lipinski definition) is 1. The fourth-order valence-corrected chi connectivity index (χ4v) is 3.58. The van der Waals surface area contributed by atoms with Gasteiger partial charge in [0.25, 0.3) is 5.91 Å². The molecular formula is C21H19FN2O3S. The molecule has 144 valence electrons. The van der Waals surface area contributed by atoms with Crippen molar-refractivity contribution in [1.29, 1.82) is 0 Å². The summed E-state index contributed by atoms with van der Waals surface area (Å²) >= 11 is 1.30. The van der Waals surface area contributed by atoms with E-state index in [-0.39, 0.29) is 24.2 Å². The van der Waals surface area contributed by atoms with Crippen LogP contribution in [0.1, 0.15) is 9.67 Å². The quantitative estimate of drug-likeness (QED) is 0.675. The van der Waals surface area contributed by atoms with Crippen LogP contribution in [0.15, 0.2) is 60.7 Å². The van der Waals surface area contributed by atoms with E-state index in [1.165, 1.54) is 28.4 Å². The Hall–Kier alpha value is -3.19. The van der Waals surface area contributed by atoms with Crippen LogP contribution in [0.25, 0.3) is 10.4 Å². The number of halogens is 1. The van der Waals surface area contributed by atoms with E-state index in [0.717, 1.165) is 10.4 Å². The zero-order valence-corrected chi connectivity index (χ0v) is 16.3. The highest BCUT2D eigenvalue weighted by Gasteiger charge is 2.17. The van der Waals surface area contributed by atoms with Crippen molar-refractivity contribution in [2.45, 2.75) is 0 Å². The molecule has 0 fully saturated rings. The fourth-order valence-electron chi connectivity index (χ4n) is 2.57. The summed E-state index contributed by atoms with van der Waals surface area (Å²) in [6, 6.07) is 16.6. The lowest BCUT2D eigenvalue weighted by Crippen LogP contribution is -2.34. The van der Waals surface area contributed by atoms with Crippen LogP contribution in [0.4, 0.5) is 10.1 Å². The maximum Gasteiger partial charge on any atom is 0.264 e. The molecule has 0 radical (unpaired) electrons.